The number of fused-ring (bicyclic) bond motifs is 1. The minimum Gasteiger partial charge on any atom is -0.345 e. The van der Waals surface area contributed by atoms with E-state index in [9.17, 15) is 9.59 Å². The van der Waals surface area contributed by atoms with Gasteiger partial charge < -0.3 is 5.32 Å². The third-order valence-corrected chi connectivity index (χ3v) is 3.38. The van der Waals surface area contributed by atoms with Crippen LogP contribution in [-0.2, 0) is 4.79 Å². The maximum Gasteiger partial charge on any atom is 0.252 e. The van der Waals surface area contributed by atoms with Crippen LogP contribution in [0.15, 0.2) is 24.3 Å². The van der Waals surface area contributed by atoms with E-state index in [0.717, 1.165) is 24.8 Å². The van der Waals surface area contributed by atoms with Crippen molar-refractivity contribution in [3.63, 3.8) is 0 Å². The van der Waals surface area contributed by atoms with Crippen molar-refractivity contribution in [2.45, 2.75) is 45.1 Å². The minimum absolute atomic E-state index is 0.0584. The Morgan fingerprint density at radius 2 is 2.06 bits per heavy atom. The fourth-order valence-electron chi connectivity index (χ4n) is 2.38. The number of hydrogen-bond donors (Lipinski definition) is 1. The van der Waals surface area contributed by atoms with E-state index in [0.29, 0.717) is 18.4 Å². The van der Waals surface area contributed by atoms with Crippen LogP contribution in [0.3, 0.4) is 0 Å². The van der Waals surface area contributed by atoms with Crippen molar-refractivity contribution in [3.8, 4) is 0 Å². The first-order valence-corrected chi connectivity index (χ1v) is 6.64. The van der Waals surface area contributed by atoms with Gasteiger partial charge in [0.05, 0.1) is 6.04 Å². The summed E-state index contributed by atoms with van der Waals surface area (Å²) in [6.45, 7) is 2.12. The standard InChI is InChI=1S/C15H19NO2/c1-2-3-4-7-11(17)10-14-12-8-5-6-9-13(12)15(18)16-14/h5-6,8-9,14H,2-4,7,10H2,1H3,(H,16,18)/t14-/m0/s1. The van der Waals surface area contributed by atoms with Crippen LogP contribution in [0.1, 0.15) is 61.0 Å². The van der Waals surface area contributed by atoms with Crippen LogP contribution < -0.4 is 5.32 Å². The van der Waals surface area contributed by atoms with E-state index in [1.807, 2.05) is 24.3 Å². The van der Waals surface area contributed by atoms with Gasteiger partial charge >= 0.3 is 0 Å². The molecule has 1 amide bonds. The molecule has 0 saturated carbocycles. The van der Waals surface area contributed by atoms with Gasteiger partial charge in [0.2, 0.25) is 0 Å². The molecule has 0 fully saturated rings. The second kappa shape index (κ2) is 5.80. The lowest BCUT2D eigenvalue weighted by Crippen LogP contribution is -2.21. The lowest BCUT2D eigenvalue weighted by atomic mass is 9.99. The second-order valence-corrected chi connectivity index (χ2v) is 4.81. The quantitative estimate of drug-likeness (QED) is 0.783. The molecule has 1 aromatic carbocycles. The monoisotopic (exact) mass is 245 g/mol. The van der Waals surface area contributed by atoms with Crippen molar-refractivity contribution < 1.29 is 9.59 Å². The number of ketones is 1. The maximum atomic E-state index is 11.8. The number of hydrogen-bond acceptors (Lipinski definition) is 2. The topological polar surface area (TPSA) is 46.2 Å². The van der Waals surface area contributed by atoms with Crippen LogP contribution in [0.25, 0.3) is 0 Å². The molecule has 1 aliphatic heterocycles. The van der Waals surface area contributed by atoms with Crippen molar-refractivity contribution in [1.29, 1.82) is 0 Å². The van der Waals surface area contributed by atoms with Crippen molar-refractivity contribution in [2.24, 2.45) is 0 Å². The molecule has 0 spiro atoms. The molecule has 18 heavy (non-hydrogen) atoms. The summed E-state index contributed by atoms with van der Waals surface area (Å²) in [6.07, 6.45) is 4.22. The van der Waals surface area contributed by atoms with E-state index in [1.165, 1.54) is 0 Å². The molecular weight excluding hydrogens is 226 g/mol. The Labute approximate surface area is 108 Å². The largest absolute Gasteiger partial charge is 0.345 e. The number of rotatable bonds is 6. The highest BCUT2D eigenvalue weighted by atomic mass is 16.2. The van der Waals surface area contributed by atoms with E-state index >= 15 is 0 Å². The molecular formula is C15H19NO2. The molecule has 1 heterocycles. The maximum absolute atomic E-state index is 11.8. The van der Waals surface area contributed by atoms with Gasteiger partial charge in [-0.3, -0.25) is 9.59 Å². The number of Topliss-reactive ketones (excluding diaryl/α,β-unsaturated/α-hetero) is 1. The molecule has 0 aromatic heterocycles. The first-order valence-electron chi connectivity index (χ1n) is 6.64. The molecule has 3 heteroatoms. The lowest BCUT2D eigenvalue weighted by Gasteiger charge is -2.10. The highest BCUT2D eigenvalue weighted by Gasteiger charge is 2.29. The van der Waals surface area contributed by atoms with E-state index in [-0.39, 0.29) is 17.7 Å². The number of benzene rings is 1. The number of nitrogens with one attached hydrogen (secondary N) is 1. The summed E-state index contributed by atoms with van der Waals surface area (Å²) in [6, 6.07) is 7.38. The minimum atomic E-state index is -0.122. The summed E-state index contributed by atoms with van der Waals surface area (Å²) in [5, 5.41) is 2.88. The van der Waals surface area contributed by atoms with Gasteiger partial charge in [0.25, 0.3) is 5.91 Å². The summed E-state index contributed by atoms with van der Waals surface area (Å²) in [5.74, 6) is 0.183. The van der Waals surface area contributed by atoms with Crippen molar-refractivity contribution >= 4 is 11.7 Å². The molecule has 1 aliphatic rings. The predicted molar refractivity (Wildman–Crippen MR) is 70.4 cm³/mol. The van der Waals surface area contributed by atoms with E-state index in [2.05, 4.69) is 12.2 Å². The highest BCUT2D eigenvalue weighted by molar-refractivity contribution is 5.99. The highest BCUT2D eigenvalue weighted by Crippen LogP contribution is 2.28. The number of carbonyl (C=O) groups is 2. The van der Waals surface area contributed by atoms with Gasteiger partial charge in [-0.1, -0.05) is 38.0 Å². The van der Waals surface area contributed by atoms with E-state index in [4.69, 9.17) is 0 Å². The van der Waals surface area contributed by atoms with Gasteiger partial charge in [0.1, 0.15) is 5.78 Å². The van der Waals surface area contributed by atoms with Crippen LogP contribution >= 0.6 is 0 Å². The predicted octanol–water partition coefficient (Wildman–Crippen LogP) is 3.01. The number of unbranched alkanes of at least 4 members (excludes halogenated alkanes) is 2. The Morgan fingerprint density at radius 1 is 1.28 bits per heavy atom. The fourth-order valence-corrected chi connectivity index (χ4v) is 2.38. The van der Waals surface area contributed by atoms with Gasteiger partial charge in [-0.15, -0.1) is 0 Å². The Hall–Kier alpha value is -1.64. The zero-order chi connectivity index (χ0) is 13.0. The molecule has 0 unspecified atom stereocenters. The lowest BCUT2D eigenvalue weighted by molar-refractivity contribution is -0.119. The summed E-state index contributed by atoms with van der Waals surface area (Å²) in [5.41, 5.74) is 1.68. The molecule has 2 rings (SSSR count). The summed E-state index contributed by atoms with van der Waals surface area (Å²) in [7, 11) is 0. The van der Waals surface area contributed by atoms with E-state index in [1.54, 1.807) is 0 Å². The van der Waals surface area contributed by atoms with Gasteiger partial charge in [-0.05, 0) is 18.1 Å². The first kappa shape index (κ1) is 12.8. The molecule has 96 valence electrons. The van der Waals surface area contributed by atoms with Gasteiger partial charge in [-0.2, -0.15) is 0 Å². The molecule has 0 radical (unpaired) electrons. The van der Waals surface area contributed by atoms with Crippen molar-refractivity contribution in [2.75, 3.05) is 0 Å². The smallest absolute Gasteiger partial charge is 0.252 e. The van der Waals surface area contributed by atoms with E-state index < -0.39 is 0 Å². The third kappa shape index (κ3) is 2.78. The summed E-state index contributed by atoms with van der Waals surface area (Å²) >= 11 is 0. The van der Waals surface area contributed by atoms with Gasteiger partial charge in [0, 0.05) is 18.4 Å². The molecule has 0 aliphatic carbocycles. The van der Waals surface area contributed by atoms with Gasteiger partial charge in [0.15, 0.2) is 0 Å². The van der Waals surface area contributed by atoms with Crippen LogP contribution in [0, 0.1) is 0 Å². The van der Waals surface area contributed by atoms with Crippen LogP contribution in [0.5, 0.6) is 0 Å². The Bertz CT molecular complexity index is 454. The molecule has 1 atom stereocenters. The Kier molecular flexibility index (Phi) is 4.13. The van der Waals surface area contributed by atoms with Crippen molar-refractivity contribution in [1.82, 2.24) is 5.32 Å². The Balaban J connectivity index is 1.96. The van der Waals surface area contributed by atoms with Crippen LogP contribution in [-0.4, -0.2) is 11.7 Å². The van der Waals surface area contributed by atoms with Crippen LogP contribution in [0.2, 0.25) is 0 Å². The summed E-state index contributed by atoms with van der Waals surface area (Å²) in [4.78, 5) is 23.5. The zero-order valence-corrected chi connectivity index (χ0v) is 10.7. The number of amides is 1. The second-order valence-electron chi connectivity index (χ2n) is 4.81. The fraction of sp³-hybridized carbons (Fsp3) is 0.467. The van der Waals surface area contributed by atoms with Gasteiger partial charge in [-0.25, -0.2) is 0 Å². The molecule has 0 bridgehead atoms. The summed E-state index contributed by atoms with van der Waals surface area (Å²) < 4.78 is 0. The van der Waals surface area contributed by atoms with Crippen LogP contribution in [0.4, 0.5) is 0 Å². The average molecular weight is 245 g/mol. The molecule has 1 N–H and O–H groups in total. The zero-order valence-electron chi connectivity index (χ0n) is 10.7. The molecule has 0 saturated heterocycles. The average Bonchev–Trinajstić information content (AvgIpc) is 2.67. The Morgan fingerprint density at radius 3 is 2.83 bits per heavy atom. The first-order chi connectivity index (χ1) is 8.72. The normalized spacial score (nSPS) is 17.4. The molecule has 1 aromatic rings. The molecule has 3 nitrogen and oxygen atoms in total. The van der Waals surface area contributed by atoms with Crippen molar-refractivity contribution in [3.05, 3.63) is 35.4 Å². The SMILES string of the molecule is CCCCCC(=O)C[C@@H]1NC(=O)c2ccccc21. The number of carbonyl (C=O) groups excluding carboxylic acids is 2. The third-order valence-electron chi connectivity index (χ3n) is 3.38.